The molecule has 1 rings (SSSR count). The van der Waals surface area contributed by atoms with E-state index in [0.717, 1.165) is 25.7 Å². The second kappa shape index (κ2) is 9.34. The molecule has 1 aliphatic heterocycles. The zero-order chi connectivity index (χ0) is 13.2. The molecule has 18 heavy (non-hydrogen) atoms. The summed E-state index contributed by atoms with van der Waals surface area (Å²) in [4.78, 5) is 13.8. The second-order valence-electron chi connectivity index (χ2n) is 5.19. The summed E-state index contributed by atoms with van der Waals surface area (Å²) in [5, 5.41) is 6.15. The van der Waals surface area contributed by atoms with E-state index in [0.29, 0.717) is 6.42 Å². The van der Waals surface area contributed by atoms with Crippen LogP contribution in [0.4, 0.5) is 0 Å². The maximum Gasteiger partial charge on any atom is 0.221 e. The van der Waals surface area contributed by atoms with Crippen molar-refractivity contribution in [3.63, 3.8) is 0 Å². The molecule has 0 aromatic carbocycles. The Balaban J connectivity index is 1.93. The van der Waals surface area contributed by atoms with Crippen LogP contribution in [0.1, 0.15) is 46.0 Å². The standard InChI is InChI=1S/C14H29N3O/c1-3-16-14(18)8-10-15-9-6-12-17-11-5-4-7-13(17)2/h13,15H,3-12H2,1-2H3,(H,16,18). The molecule has 2 N–H and O–H groups in total. The first kappa shape index (κ1) is 15.4. The van der Waals surface area contributed by atoms with Gasteiger partial charge in [0.2, 0.25) is 5.91 Å². The van der Waals surface area contributed by atoms with E-state index in [-0.39, 0.29) is 5.91 Å². The lowest BCUT2D eigenvalue weighted by molar-refractivity contribution is -0.120. The molecule has 0 saturated carbocycles. The first-order chi connectivity index (χ1) is 8.74. The summed E-state index contributed by atoms with van der Waals surface area (Å²) in [6, 6.07) is 0.758. The van der Waals surface area contributed by atoms with Gasteiger partial charge in [-0.3, -0.25) is 4.79 Å². The zero-order valence-corrected chi connectivity index (χ0v) is 12.0. The van der Waals surface area contributed by atoms with E-state index in [1.807, 2.05) is 6.92 Å². The maximum atomic E-state index is 11.2. The highest BCUT2D eigenvalue weighted by Crippen LogP contribution is 2.15. The summed E-state index contributed by atoms with van der Waals surface area (Å²) in [5.74, 6) is 0.148. The number of nitrogens with zero attached hydrogens (tertiary/aromatic N) is 1. The van der Waals surface area contributed by atoms with Gasteiger partial charge in [-0.15, -0.1) is 0 Å². The van der Waals surface area contributed by atoms with Gasteiger partial charge in [-0.25, -0.2) is 0 Å². The fraction of sp³-hybridized carbons (Fsp3) is 0.929. The molecule has 1 unspecified atom stereocenters. The first-order valence-electron chi connectivity index (χ1n) is 7.45. The van der Waals surface area contributed by atoms with Crippen molar-refractivity contribution in [2.45, 2.75) is 52.0 Å². The number of hydrogen-bond acceptors (Lipinski definition) is 3. The number of likely N-dealkylation sites (tertiary alicyclic amines) is 1. The van der Waals surface area contributed by atoms with Crippen LogP contribution in [0, 0.1) is 0 Å². The first-order valence-corrected chi connectivity index (χ1v) is 7.45. The van der Waals surface area contributed by atoms with Gasteiger partial charge in [-0.05, 0) is 52.7 Å². The molecule has 0 spiro atoms. The minimum Gasteiger partial charge on any atom is -0.356 e. The molecule has 4 nitrogen and oxygen atoms in total. The Morgan fingerprint density at radius 3 is 2.89 bits per heavy atom. The lowest BCUT2D eigenvalue weighted by Gasteiger charge is -2.33. The molecule has 0 aliphatic carbocycles. The van der Waals surface area contributed by atoms with Gasteiger partial charge in [0.15, 0.2) is 0 Å². The van der Waals surface area contributed by atoms with Crippen molar-refractivity contribution in [2.75, 3.05) is 32.7 Å². The Hall–Kier alpha value is -0.610. The number of amides is 1. The minimum atomic E-state index is 0.148. The number of carbonyl (C=O) groups excluding carboxylic acids is 1. The Labute approximate surface area is 111 Å². The fourth-order valence-electron chi connectivity index (χ4n) is 2.51. The third-order valence-electron chi connectivity index (χ3n) is 3.64. The summed E-state index contributed by atoms with van der Waals surface area (Å²) >= 11 is 0. The monoisotopic (exact) mass is 255 g/mol. The van der Waals surface area contributed by atoms with Gasteiger partial charge in [-0.2, -0.15) is 0 Å². The van der Waals surface area contributed by atoms with Gasteiger partial charge in [-0.1, -0.05) is 6.42 Å². The Kier molecular flexibility index (Phi) is 8.01. The van der Waals surface area contributed by atoms with E-state index >= 15 is 0 Å². The summed E-state index contributed by atoms with van der Waals surface area (Å²) in [6.45, 7) is 9.28. The fourth-order valence-corrected chi connectivity index (χ4v) is 2.51. The Bertz CT molecular complexity index is 233. The van der Waals surface area contributed by atoms with E-state index in [1.54, 1.807) is 0 Å². The van der Waals surface area contributed by atoms with Gasteiger partial charge in [0.1, 0.15) is 0 Å². The third kappa shape index (κ3) is 6.36. The minimum absolute atomic E-state index is 0.148. The molecule has 0 radical (unpaired) electrons. The van der Waals surface area contributed by atoms with Crippen LogP contribution in [-0.2, 0) is 4.79 Å². The van der Waals surface area contributed by atoms with Crippen LogP contribution in [0.25, 0.3) is 0 Å². The van der Waals surface area contributed by atoms with Crippen LogP contribution < -0.4 is 10.6 Å². The van der Waals surface area contributed by atoms with Crippen LogP contribution in [0.15, 0.2) is 0 Å². The topological polar surface area (TPSA) is 44.4 Å². The largest absolute Gasteiger partial charge is 0.356 e. The van der Waals surface area contributed by atoms with E-state index in [2.05, 4.69) is 22.5 Å². The molecule has 1 aliphatic rings. The van der Waals surface area contributed by atoms with Gasteiger partial charge in [0.05, 0.1) is 0 Å². The van der Waals surface area contributed by atoms with Crippen molar-refractivity contribution < 1.29 is 4.79 Å². The maximum absolute atomic E-state index is 11.2. The molecular weight excluding hydrogens is 226 g/mol. The van der Waals surface area contributed by atoms with E-state index in [9.17, 15) is 4.79 Å². The SMILES string of the molecule is CCNC(=O)CCNCCCN1CCCCC1C. The molecule has 0 aromatic rings. The van der Waals surface area contributed by atoms with E-state index < -0.39 is 0 Å². The molecule has 1 heterocycles. The summed E-state index contributed by atoms with van der Waals surface area (Å²) < 4.78 is 0. The van der Waals surface area contributed by atoms with Crippen LogP contribution in [-0.4, -0.2) is 49.6 Å². The predicted molar refractivity (Wildman–Crippen MR) is 75.7 cm³/mol. The van der Waals surface area contributed by atoms with Gasteiger partial charge in [0.25, 0.3) is 0 Å². The average Bonchev–Trinajstić information content (AvgIpc) is 2.36. The number of piperidine rings is 1. The molecule has 1 amide bonds. The number of hydrogen-bond donors (Lipinski definition) is 2. The lowest BCUT2D eigenvalue weighted by Crippen LogP contribution is -2.39. The highest BCUT2D eigenvalue weighted by molar-refractivity contribution is 5.75. The molecule has 1 saturated heterocycles. The van der Waals surface area contributed by atoms with Crippen molar-refractivity contribution in [2.24, 2.45) is 0 Å². The Morgan fingerprint density at radius 1 is 1.33 bits per heavy atom. The van der Waals surface area contributed by atoms with Crippen LogP contribution >= 0.6 is 0 Å². The number of carbonyl (C=O) groups is 1. The molecule has 106 valence electrons. The highest BCUT2D eigenvalue weighted by Gasteiger charge is 2.16. The van der Waals surface area contributed by atoms with Crippen LogP contribution in [0.2, 0.25) is 0 Å². The zero-order valence-electron chi connectivity index (χ0n) is 12.0. The summed E-state index contributed by atoms with van der Waals surface area (Å²) in [7, 11) is 0. The van der Waals surface area contributed by atoms with Crippen molar-refractivity contribution in [3.8, 4) is 0 Å². The van der Waals surface area contributed by atoms with Crippen LogP contribution in [0.3, 0.4) is 0 Å². The summed E-state index contributed by atoms with van der Waals surface area (Å²) in [5.41, 5.74) is 0. The molecule has 0 aromatic heterocycles. The van der Waals surface area contributed by atoms with Gasteiger partial charge in [0, 0.05) is 25.6 Å². The number of nitrogens with one attached hydrogen (secondary N) is 2. The van der Waals surface area contributed by atoms with Crippen LogP contribution in [0.5, 0.6) is 0 Å². The molecule has 4 heteroatoms. The smallest absolute Gasteiger partial charge is 0.221 e. The van der Waals surface area contributed by atoms with Crippen molar-refractivity contribution in [1.82, 2.24) is 15.5 Å². The predicted octanol–water partition coefficient (Wildman–Crippen LogP) is 1.37. The van der Waals surface area contributed by atoms with Crippen molar-refractivity contribution in [3.05, 3.63) is 0 Å². The van der Waals surface area contributed by atoms with E-state index in [1.165, 1.54) is 38.8 Å². The Morgan fingerprint density at radius 2 is 2.17 bits per heavy atom. The van der Waals surface area contributed by atoms with Gasteiger partial charge >= 0.3 is 0 Å². The lowest BCUT2D eigenvalue weighted by atomic mass is 10.0. The van der Waals surface area contributed by atoms with Crippen molar-refractivity contribution in [1.29, 1.82) is 0 Å². The average molecular weight is 255 g/mol. The highest BCUT2D eigenvalue weighted by atomic mass is 16.1. The third-order valence-corrected chi connectivity index (χ3v) is 3.64. The normalized spacial score (nSPS) is 20.9. The quantitative estimate of drug-likeness (QED) is 0.644. The summed E-state index contributed by atoms with van der Waals surface area (Å²) in [6.07, 6.45) is 5.87. The molecular formula is C14H29N3O. The second-order valence-corrected chi connectivity index (χ2v) is 5.19. The molecule has 1 fully saturated rings. The van der Waals surface area contributed by atoms with E-state index in [4.69, 9.17) is 0 Å². The number of rotatable bonds is 8. The molecule has 1 atom stereocenters. The van der Waals surface area contributed by atoms with Crippen molar-refractivity contribution >= 4 is 5.91 Å². The van der Waals surface area contributed by atoms with Gasteiger partial charge < -0.3 is 15.5 Å². The molecule has 0 bridgehead atoms.